The van der Waals surface area contributed by atoms with Gasteiger partial charge in [-0.3, -0.25) is 4.79 Å². The summed E-state index contributed by atoms with van der Waals surface area (Å²) in [7, 11) is 3.32. The zero-order valence-electron chi connectivity index (χ0n) is 10.7. The number of ether oxygens (including phenoxy) is 2. The van der Waals surface area contributed by atoms with Crippen LogP contribution >= 0.6 is 0 Å². The van der Waals surface area contributed by atoms with Crippen LogP contribution in [0.3, 0.4) is 0 Å². The summed E-state index contributed by atoms with van der Waals surface area (Å²) in [5, 5.41) is 4.22. The van der Waals surface area contributed by atoms with Crippen molar-refractivity contribution >= 4 is 5.97 Å². The summed E-state index contributed by atoms with van der Waals surface area (Å²) in [6.07, 6.45) is 0.122. The minimum atomic E-state index is -0.460. The third-order valence-corrected chi connectivity index (χ3v) is 2.47. The van der Waals surface area contributed by atoms with E-state index in [1.807, 2.05) is 6.92 Å². The first-order valence-corrected chi connectivity index (χ1v) is 5.49. The molecule has 1 aromatic heterocycles. The SMILES string of the molecule is CCOC(=O)C[C@H](N)c1c(C)nn(C)c1OC. The van der Waals surface area contributed by atoms with Crippen molar-refractivity contribution in [3.05, 3.63) is 11.3 Å². The number of nitrogens with zero attached hydrogens (tertiary/aromatic N) is 2. The highest BCUT2D eigenvalue weighted by Crippen LogP contribution is 2.28. The van der Waals surface area contributed by atoms with Crippen molar-refractivity contribution < 1.29 is 14.3 Å². The number of carbonyl (C=O) groups excluding carboxylic acids is 1. The van der Waals surface area contributed by atoms with E-state index in [0.717, 1.165) is 11.3 Å². The molecule has 0 amide bonds. The van der Waals surface area contributed by atoms with Gasteiger partial charge in [0.15, 0.2) is 0 Å². The fourth-order valence-electron chi connectivity index (χ4n) is 1.82. The molecule has 0 unspecified atom stereocenters. The van der Waals surface area contributed by atoms with Crippen LogP contribution in [0.25, 0.3) is 0 Å². The lowest BCUT2D eigenvalue weighted by Crippen LogP contribution is -2.18. The Morgan fingerprint density at radius 2 is 2.24 bits per heavy atom. The topological polar surface area (TPSA) is 79.4 Å². The van der Waals surface area contributed by atoms with E-state index in [1.165, 1.54) is 0 Å². The highest BCUT2D eigenvalue weighted by atomic mass is 16.5. The van der Waals surface area contributed by atoms with Crippen molar-refractivity contribution in [3.8, 4) is 5.88 Å². The normalized spacial score (nSPS) is 12.3. The zero-order chi connectivity index (χ0) is 13.0. The van der Waals surface area contributed by atoms with E-state index in [9.17, 15) is 4.79 Å². The van der Waals surface area contributed by atoms with E-state index in [0.29, 0.717) is 12.5 Å². The van der Waals surface area contributed by atoms with Crippen molar-refractivity contribution in [2.45, 2.75) is 26.3 Å². The summed E-state index contributed by atoms with van der Waals surface area (Å²) >= 11 is 0. The fourth-order valence-corrected chi connectivity index (χ4v) is 1.82. The second-order valence-corrected chi connectivity index (χ2v) is 3.75. The van der Waals surface area contributed by atoms with Crippen LogP contribution in [0, 0.1) is 6.92 Å². The Morgan fingerprint density at radius 3 is 2.76 bits per heavy atom. The number of methoxy groups -OCH3 is 1. The molecule has 0 aromatic carbocycles. The summed E-state index contributed by atoms with van der Waals surface area (Å²) in [4.78, 5) is 11.4. The Balaban J connectivity index is 2.88. The first-order chi connectivity index (χ1) is 8.01. The number of rotatable bonds is 5. The molecule has 0 radical (unpaired) electrons. The summed E-state index contributed by atoms with van der Waals surface area (Å²) in [5.74, 6) is 0.268. The zero-order valence-corrected chi connectivity index (χ0v) is 10.7. The molecule has 1 rings (SSSR count). The maximum absolute atomic E-state index is 11.4. The average molecular weight is 241 g/mol. The van der Waals surface area contributed by atoms with Gasteiger partial charge in [0.25, 0.3) is 0 Å². The highest BCUT2D eigenvalue weighted by Gasteiger charge is 2.22. The maximum Gasteiger partial charge on any atom is 0.307 e. The molecular weight excluding hydrogens is 222 g/mol. The average Bonchev–Trinajstić information content (AvgIpc) is 2.52. The van der Waals surface area contributed by atoms with Gasteiger partial charge in [0, 0.05) is 13.1 Å². The molecule has 96 valence electrons. The van der Waals surface area contributed by atoms with E-state index in [-0.39, 0.29) is 12.4 Å². The van der Waals surface area contributed by atoms with Crippen molar-refractivity contribution in [2.24, 2.45) is 12.8 Å². The molecule has 1 atom stereocenters. The Bertz CT molecular complexity index is 401. The van der Waals surface area contributed by atoms with Gasteiger partial charge in [-0.2, -0.15) is 5.10 Å². The highest BCUT2D eigenvalue weighted by molar-refractivity contribution is 5.70. The lowest BCUT2D eigenvalue weighted by molar-refractivity contribution is -0.143. The molecule has 1 heterocycles. The molecule has 0 aliphatic carbocycles. The molecule has 0 spiro atoms. The van der Waals surface area contributed by atoms with Crippen LogP contribution < -0.4 is 10.5 Å². The van der Waals surface area contributed by atoms with Crippen LogP contribution in [-0.2, 0) is 16.6 Å². The number of aryl methyl sites for hydroxylation is 2. The molecular formula is C11H19N3O3. The summed E-state index contributed by atoms with van der Waals surface area (Å²) in [6, 6.07) is -0.460. The molecule has 17 heavy (non-hydrogen) atoms. The van der Waals surface area contributed by atoms with Crippen LogP contribution in [0.4, 0.5) is 0 Å². The molecule has 6 heteroatoms. The maximum atomic E-state index is 11.4. The lowest BCUT2D eigenvalue weighted by Gasteiger charge is -2.12. The quantitative estimate of drug-likeness (QED) is 0.767. The molecule has 6 nitrogen and oxygen atoms in total. The molecule has 0 saturated heterocycles. The van der Waals surface area contributed by atoms with Gasteiger partial charge in [0.2, 0.25) is 5.88 Å². The van der Waals surface area contributed by atoms with E-state index in [4.69, 9.17) is 15.2 Å². The summed E-state index contributed by atoms with van der Waals surface area (Å²) in [5.41, 5.74) is 7.50. The van der Waals surface area contributed by atoms with Gasteiger partial charge < -0.3 is 15.2 Å². The monoisotopic (exact) mass is 241 g/mol. The van der Waals surface area contributed by atoms with Gasteiger partial charge in [-0.1, -0.05) is 0 Å². The Hall–Kier alpha value is -1.56. The fraction of sp³-hybridized carbons (Fsp3) is 0.636. The third kappa shape index (κ3) is 2.97. The van der Waals surface area contributed by atoms with Crippen LogP contribution in [0.5, 0.6) is 5.88 Å². The molecule has 0 fully saturated rings. The number of hydrogen-bond donors (Lipinski definition) is 1. The lowest BCUT2D eigenvalue weighted by atomic mass is 10.1. The van der Waals surface area contributed by atoms with Crippen LogP contribution in [0.15, 0.2) is 0 Å². The number of esters is 1. The summed E-state index contributed by atoms with van der Waals surface area (Å²) in [6.45, 7) is 3.96. The van der Waals surface area contributed by atoms with Crippen LogP contribution in [-0.4, -0.2) is 29.5 Å². The Labute approximate surface area is 101 Å². The smallest absolute Gasteiger partial charge is 0.307 e. The van der Waals surface area contributed by atoms with Gasteiger partial charge in [0.1, 0.15) is 0 Å². The first kappa shape index (κ1) is 13.5. The van der Waals surface area contributed by atoms with Crippen LogP contribution in [0.2, 0.25) is 0 Å². The number of nitrogens with two attached hydrogens (primary N) is 1. The molecule has 1 aromatic rings. The number of hydrogen-bond acceptors (Lipinski definition) is 5. The molecule has 0 saturated carbocycles. The van der Waals surface area contributed by atoms with Gasteiger partial charge in [0.05, 0.1) is 31.4 Å². The largest absolute Gasteiger partial charge is 0.481 e. The second-order valence-electron chi connectivity index (χ2n) is 3.75. The van der Waals surface area contributed by atoms with Crippen molar-refractivity contribution in [2.75, 3.05) is 13.7 Å². The van der Waals surface area contributed by atoms with E-state index in [2.05, 4.69) is 5.10 Å². The molecule has 0 aliphatic rings. The second kappa shape index (κ2) is 5.67. The van der Waals surface area contributed by atoms with Crippen molar-refractivity contribution in [1.82, 2.24) is 9.78 Å². The van der Waals surface area contributed by atoms with Gasteiger partial charge in [-0.05, 0) is 13.8 Å². The number of carbonyl (C=O) groups is 1. The van der Waals surface area contributed by atoms with E-state index >= 15 is 0 Å². The third-order valence-electron chi connectivity index (χ3n) is 2.47. The standard InChI is InChI=1S/C11H19N3O3/c1-5-17-9(15)6-8(12)10-7(2)13-14(3)11(10)16-4/h8H,5-6,12H2,1-4H3/t8-/m0/s1. The Morgan fingerprint density at radius 1 is 1.59 bits per heavy atom. The van der Waals surface area contributed by atoms with Crippen LogP contribution in [0.1, 0.15) is 30.6 Å². The van der Waals surface area contributed by atoms with Crippen molar-refractivity contribution in [1.29, 1.82) is 0 Å². The van der Waals surface area contributed by atoms with E-state index < -0.39 is 6.04 Å². The predicted molar refractivity (Wildman–Crippen MR) is 62.7 cm³/mol. The molecule has 0 aliphatic heterocycles. The molecule has 0 bridgehead atoms. The van der Waals surface area contributed by atoms with Crippen molar-refractivity contribution in [3.63, 3.8) is 0 Å². The van der Waals surface area contributed by atoms with Gasteiger partial charge >= 0.3 is 5.97 Å². The minimum Gasteiger partial charge on any atom is -0.481 e. The molecule has 2 N–H and O–H groups in total. The summed E-state index contributed by atoms with van der Waals surface area (Å²) < 4.78 is 11.7. The predicted octanol–water partition coefficient (Wildman–Crippen LogP) is 0.690. The Kier molecular flexibility index (Phi) is 4.51. The van der Waals surface area contributed by atoms with Gasteiger partial charge in [-0.25, -0.2) is 4.68 Å². The number of aromatic nitrogens is 2. The minimum absolute atomic E-state index is 0.122. The first-order valence-electron chi connectivity index (χ1n) is 5.49. The van der Waals surface area contributed by atoms with E-state index in [1.54, 1.807) is 25.8 Å². The van der Waals surface area contributed by atoms with Gasteiger partial charge in [-0.15, -0.1) is 0 Å².